The summed E-state index contributed by atoms with van der Waals surface area (Å²) in [7, 11) is 0. The van der Waals surface area contributed by atoms with Gasteiger partial charge in [0.05, 0.1) is 17.1 Å². The van der Waals surface area contributed by atoms with Gasteiger partial charge in [0.15, 0.2) is 0 Å². The highest BCUT2D eigenvalue weighted by molar-refractivity contribution is 7.25. The summed E-state index contributed by atoms with van der Waals surface area (Å²) >= 11 is 1.84. The lowest BCUT2D eigenvalue weighted by molar-refractivity contribution is 1.32. The molecule has 79 heavy (non-hydrogen) atoms. The molecular weight excluding hydrogens is 975 g/mol. The van der Waals surface area contributed by atoms with E-state index in [1.165, 1.54) is 31.3 Å². The third-order valence-electron chi connectivity index (χ3n) is 15.1. The Morgan fingerprint density at radius 2 is 0.582 bits per heavy atom. The van der Waals surface area contributed by atoms with Crippen molar-refractivity contribution in [3.63, 3.8) is 0 Å². The molecule has 0 radical (unpaired) electrons. The Bertz CT molecular complexity index is 4350. The topological polar surface area (TPSA) is 38.7 Å². The molecule has 4 heterocycles. The molecule has 14 aromatic rings. The van der Waals surface area contributed by atoms with Crippen LogP contribution in [0, 0.1) is 0 Å². The fourth-order valence-electron chi connectivity index (χ4n) is 11.1. The van der Waals surface area contributed by atoms with Crippen LogP contribution in [0.4, 0.5) is 0 Å². The summed E-state index contributed by atoms with van der Waals surface area (Å²) in [4.78, 5) is 15.3. The van der Waals surface area contributed by atoms with Crippen LogP contribution in [0.3, 0.4) is 0 Å². The van der Waals surface area contributed by atoms with E-state index in [2.05, 4.69) is 273 Å². The van der Waals surface area contributed by atoms with E-state index in [1.807, 2.05) is 35.9 Å². The van der Waals surface area contributed by atoms with E-state index < -0.39 is 0 Å². The molecule has 3 nitrogen and oxygen atoms in total. The molecule has 0 fully saturated rings. The molecule has 0 saturated carbocycles. The molecule has 0 atom stereocenters. The molecule has 370 valence electrons. The number of nitrogens with zero attached hydrogens (tertiary/aromatic N) is 3. The van der Waals surface area contributed by atoms with Gasteiger partial charge < -0.3 is 0 Å². The quantitative estimate of drug-likeness (QED) is 0.130. The van der Waals surface area contributed by atoms with Gasteiger partial charge in [-0.3, -0.25) is 15.0 Å². The fourth-order valence-corrected chi connectivity index (χ4v) is 12.2. The second-order valence-electron chi connectivity index (χ2n) is 19.9. The lowest BCUT2D eigenvalue weighted by atomic mass is 9.85. The molecule has 0 spiro atoms. The zero-order valence-corrected chi connectivity index (χ0v) is 43.9. The number of rotatable bonds is 11. The largest absolute Gasteiger partial charge is 0.256 e. The van der Waals surface area contributed by atoms with E-state index in [0.29, 0.717) is 0 Å². The highest BCUT2D eigenvalue weighted by Crippen LogP contribution is 2.45. The average molecular weight is 1020 g/mol. The van der Waals surface area contributed by atoms with E-state index in [1.54, 1.807) is 0 Å². The summed E-state index contributed by atoms with van der Waals surface area (Å²) in [5.41, 5.74) is 23.7. The predicted molar refractivity (Wildman–Crippen MR) is 333 cm³/mol. The van der Waals surface area contributed by atoms with Crippen molar-refractivity contribution in [1.82, 2.24) is 15.0 Å². The summed E-state index contributed by atoms with van der Waals surface area (Å²) in [6, 6.07) is 100. The standard InChI is InChI=1S/C75H49N3S/c1-4-18-50(19-5-1)51-32-34-52(35-33-51)68-46-73(55-38-41-75-69(45-55)67-30-16-17-31-74(67)79-75)78-49-70(68)66-29-15-14-28-65(66)60-43-58(63-26-12-10-24-61(63)56-36-39-71(76-47-56)53-20-6-2-7-21-53)42-59(44-60)64-27-13-11-25-62(64)57-37-40-72(77-48-57)54-22-8-3-9-23-54/h1-49H. The third kappa shape index (κ3) is 9.31. The van der Waals surface area contributed by atoms with Crippen molar-refractivity contribution < 1.29 is 0 Å². The molecule has 4 aromatic heterocycles. The molecule has 0 bridgehead atoms. The Morgan fingerprint density at radius 1 is 0.190 bits per heavy atom. The first-order chi connectivity index (χ1) is 39.1. The molecule has 0 aliphatic heterocycles. The number of hydrogen-bond donors (Lipinski definition) is 0. The van der Waals surface area contributed by atoms with Crippen LogP contribution in [0.25, 0.3) is 143 Å². The number of fused-ring (bicyclic) bond motifs is 3. The van der Waals surface area contributed by atoms with Gasteiger partial charge in [-0.15, -0.1) is 11.3 Å². The Kier molecular flexibility index (Phi) is 12.4. The van der Waals surface area contributed by atoms with Crippen LogP contribution >= 0.6 is 11.3 Å². The Hall–Kier alpha value is -10.1. The number of aromatic nitrogens is 3. The van der Waals surface area contributed by atoms with Gasteiger partial charge in [0.25, 0.3) is 0 Å². The van der Waals surface area contributed by atoms with Gasteiger partial charge in [0, 0.05) is 72.1 Å². The number of thiophene rings is 1. The van der Waals surface area contributed by atoms with Gasteiger partial charge in [-0.2, -0.15) is 0 Å². The van der Waals surface area contributed by atoms with Gasteiger partial charge in [-0.1, -0.05) is 224 Å². The maximum Gasteiger partial charge on any atom is 0.0708 e. The van der Waals surface area contributed by atoms with Crippen molar-refractivity contribution in [2.24, 2.45) is 0 Å². The second kappa shape index (κ2) is 20.8. The van der Waals surface area contributed by atoms with E-state index in [0.717, 1.165) is 112 Å². The zero-order valence-electron chi connectivity index (χ0n) is 43.0. The lowest BCUT2D eigenvalue weighted by Gasteiger charge is -2.19. The molecule has 10 aromatic carbocycles. The van der Waals surface area contributed by atoms with Gasteiger partial charge in [-0.25, -0.2) is 0 Å². The molecule has 0 aliphatic carbocycles. The molecule has 0 saturated heterocycles. The Morgan fingerprint density at radius 3 is 1.11 bits per heavy atom. The van der Waals surface area contributed by atoms with E-state index in [-0.39, 0.29) is 0 Å². The van der Waals surface area contributed by atoms with Gasteiger partial charge in [0.1, 0.15) is 0 Å². The lowest BCUT2D eigenvalue weighted by Crippen LogP contribution is -1.95. The third-order valence-corrected chi connectivity index (χ3v) is 16.3. The summed E-state index contributed by atoms with van der Waals surface area (Å²) in [6.45, 7) is 0. The van der Waals surface area contributed by atoms with Crippen LogP contribution in [0.1, 0.15) is 0 Å². The Labute approximate surface area is 464 Å². The smallest absolute Gasteiger partial charge is 0.0708 e. The molecule has 0 aliphatic rings. The minimum atomic E-state index is 0.927. The second-order valence-corrected chi connectivity index (χ2v) is 21.0. The average Bonchev–Trinajstić information content (AvgIpc) is 4.00. The maximum absolute atomic E-state index is 5.35. The summed E-state index contributed by atoms with van der Waals surface area (Å²) in [5.74, 6) is 0. The van der Waals surface area contributed by atoms with Gasteiger partial charge in [0.2, 0.25) is 0 Å². The zero-order chi connectivity index (χ0) is 52.5. The van der Waals surface area contributed by atoms with E-state index >= 15 is 0 Å². The van der Waals surface area contributed by atoms with Crippen molar-refractivity contribution in [2.75, 3.05) is 0 Å². The molecular formula is C75H49N3S. The van der Waals surface area contributed by atoms with Gasteiger partial charge in [-0.05, 0) is 127 Å². The van der Waals surface area contributed by atoms with Crippen LogP contribution in [-0.2, 0) is 0 Å². The minimum Gasteiger partial charge on any atom is -0.256 e. The minimum absolute atomic E-state index is 0.927. The molecule has 4 heteroatoms. The molecule has 0 amide bonds. The molecule has 14 rings (SSSR count). The number of benzene rings is 10. The first kappa shape index (κ1) is 47.3. The van der Waals surface area contributed by atoms with Crippen LogP contribution in [-0.4, -0.2) is 15.0 Å². The highest BCUT2D eigenvalue weighted by Gasteiger charge is 2.20. The van der Waals surface area contributed by atoms with Crippen LogP contribution in [0.5, 0.6) is 0 Å². The van der Waals surface area contributed by atoms with Crippen molar-refractivity contribution in [1.29, 1.82) is 0 Å². The van der Waals surface area contributed by atoms with Crippen LogP contribution < -0.4 is 0 Å². The first-order valence-corrected chi connectivity index (χ1v) is 27.5. The molecule has 0 unspecified atom stereocenters. The summed E-state index contributed by atoms with van der Waals surface area (Å²) < 4.78 is 2.56. The van der Waals surface area contributed by atoms with Crippen molar-refractivity contribution in [3.8, 4) is 123 Å². The molecule has 0 N–H and O–H groups in total. The SMILES string of the molecule is c1ccc(-c2ccc(-c3cc(-c4ccc5sc6ccccc6c5c4)ncc3-c3ccccc3-c3cc(-c4ccccc4-c4ccc(-c5ccccc5)nc4)cc(-c4ccccc4-c4ccc(-c5ccccc5)nc4)c3)cc2)cc1. The number of pyridine rings is 3. The summed E-state index contributed by atoms with van der Waals surface area (Å²) in [6.07, 6.45) is 6.11. The normalized spacial score (nSPS) is 11.3. The van der Waals surface area contributed by atoms with E-state index in [4.69, 9.17) is 15.0 Å². The monoisotopic (exact) mass is 1020 g/mol. The van der Waals surface area contributed by atoms with Crippen molar-refractivity contribution in [2.45, 2.75) is 0 Å². The Balaban J connectivity index is 0.945. The highest BCUT2D eigenvalue weighted by atomic mass is 32.1. The first-order valence-electron chi connectivity index (χ1n) is 26.7. The van der Waals surface area contributed by atoms with Crippen molar-refractivity contribution >= 4 is 31.5 Å². The number of hydrogen-bond acceptors (Lipinski definition) is 4. The summed E-state index contributed by atoms with van der Waals surface area (Å²) in [5, 5.41) is 2.52. The maximum atomic E-state index is 5.35. The predicted octanol–water partition coefficient (Wildman–Crippen LogP) is 20.6. The van der Waals surface area contributed by atoms with Crippen molar-refractivity contribution in [3.05, 3.63) is 298 Å². The van der Waals surface area contributed by atoms with E-state index in [9.17, 15) is 0 Å². The fraction of sp³-hybridized carbons (Fsp3) is 0. The van der Waals surface area contributed by atoms with Crippen LogP contribution in [0.15, 0.2) is 298 Å². The van der Waals surface area contributed by atoms with Gasteiger partial charge >= 0.3 is 0 Å². The van der Waals surface area contributed by atoms with Crippen LogP contribution in [0.2, 0.25) is 0 Å².